The summed E-state index contributed by atoms with van der Waals surface area (Å²) in [7, 11) is 1.69. The summed E-state index contributed by atoms with van der Waals surface area (Å²) in [6, 6.07) is 0.208. The molecule has 1 unspecified atom stereocenters. The number of hydrogen-bond donors (Lipinski definition) is 1. The highest BCUT2D eigenvalue weighted by Crippen LogP contribution is 2.50. The first-order valence-electron chi connectivity index (χ1n) is 4.88. The van der Waals surface area contributed by atoms with Crippen molar-refractivity contribution in [2.24, 2.45) is 5.73 Å². The van der Waals surface area contributed by atoms with Gasteiger partial charge in [-0.15, -0.1) is 11.3 Å². The second kappa shape index (κ2) is 3.61. The Labute approximate surface area is 88.3 Å². The molecule has 0 aromatic carbocycles. The van der Waals surface area contributed by atoms with Gasteiger partial charge in [0.25, 0.3) is 0 Å². The number of hydrogen-bond acceptors (Lipinski definition) is 4. The molecule has 0 amide bonds. The first-order chi connectivity index (χ1) is 6.69. The van der Waals surface area contributed by atoms with Crippen molar-refractivity contribution in [3.05, 3.63) is 16.1 Å². The Kier molecular flexibility index (Phi) is 2.60. The predicted molar refractivity (Wildman–Crippen MR) is 57.4 cm³/mol. The molecule has 14 heavy (non-hydrogen) atoms. The van der Waals surface area contributed by atoms with Crippen LogP contribution in [0.2, 0.25) is 0 Å². The van der Waals surface area contributed by atoms with Crippen molar-refractivity contribution in [2.45, 2.75) is 37.8 Å². The molecule has 1 aromatic rings. The third-order valence-corrected chi connectivity index (χ3v) is 3.81. The van der Waals surface area contributed by atoms with Crippen molar-refractivity contribution < 1.29 is 4.74 Å². The lowest BCUT2D eigenvalue weighted by molar-refractivity contribution is 0.184. The van der Waals surface area contributed by atoms with E-state index in [4.69, 9.17) is 10.5 Å². The SMILES string of the molecule is COCc1nc(C2(C(C)N)CC2)cs1. The quantitative estimate of drug-likeness (QED) is 0.826. The van der Waals surface area contributed by atoms with Gasteiger partial charge in [-0.2, -0.15) is 0 Å². The van der Waals surface area contributed by atoms with Gasteiger partial charge in [-0.25, -0.2) is 4.98 Å². The van der Waals surface area contributed by atoms with Crippen LogP contribution >= 0.6 is 11.3 Å². The third-order valence-electron chi connectivity index (χ3n) is 2.99. The van der Waals surface area contributed by atoms with Gasteiger partial charge in [0, 0.05) is 23.9 Å². The van der Waals surface area contributed by atoms with Gasteiger partial charge >= 0.3 is 0 Å². The van der Waals surface area contributed by atoms with Crippen LogP contribution in [0.15, 0.2) is 5.38 Å². The van der Waals surface area contributed by atoms with Gasteiger partial charge in [-0.3, -0.25) is 0 Å². The van der Waals surface area contributed by atoms with E-state index in [0.29, 0.717) is 6.61 Å². The highest BCUT2D eigenvalue weighted by atomic mass is 32.1. The lowest BCUT2D eigenvalue weighted by Gasteiger charge is -2.16. The molecule has 2 rings (SSSR count). The Morgan fingerprint density at radius 3 is 2.93 bits per heavy atom. The Bertz CT molecular complexity index is 318. The van der Waals surface area contributed by atoms with Gasteiger partial charge in [0.2, 0.25) is 0 Å². The van der Waals surface area contributed by atoms with Crippen molar-refractivity contribution >= 4 is 11.3 Å². The standard InChI is InChI=1S/C10H16N2OS/c1-7(11)10(3-4-10)8-6-14-9(12-8)5-13-2/h6-7H,3-5,11H2,1-2H3. The highest BCUT2D eigenvalue weighted by Gasteiger charge is 2.49. The van der Waals surface area contributed by atoms with Crippen LogP contribution < -0.4 is 5.73 Å². The molecule has 0 bridgehead atoms. The van der Waals surface area contributed by atoms with Crippen LogP contribution in [-0.4, -0.2) is 18.1 Å². The van der Waals surface area contributed by atoms with Crippen molar-refractivity contribution in [1.82, 2.24) is 4.98 Å². The lowest BCUT2D eigenvalue weighted by Crippen LogP contribution is -2.31. The monoisotopic (exact) mass is 212 g/mol. The van der Waals surface area contributed by atoms with E-state index in [0.717, 1.165) is 5.01 Å². The van der Waals surface area contributed by atoms with E-state index in [1.54, 1.807) is 18.4 Å². The highest BCUT2D eigenvalue weighted by molar-refractivity contribution is 7.09. The molecule has 0 aliphatic heterocycles. The first kappa shape index (κ1) is 10.1. The number of methoxy groups -OCH3 is 1. The van der Waals surface area contributed by atoms with Crippen LogP contribution in [0.1, 0.15) is 30.5 Å². The number of rotatable bonds is 4. The van der Waals surface area contributed by atoms with Crippen LogP contribution in [0.25, 0.3) is 0 Å². The number of aromatic nitrogens is 1. The third kappa shape index (κ3) is 1.58. The minimum atomic E-state index is 0.183. The van der Waals surface area contributed by atoms with Crippen LogP contribution in [0.5, 0.6) is 0 Å². The van der Waals surface area contributed by atoms with Crippen molar-refractivity contribution in [2.75, 3.05) is 7.11 Å². The topological polar surface area (TPSA) is 48.1 Å². The van der Waals surface area contributed by atoms with Crippen molar-refractivity contribution in [1.29, 1.82) is 0 Å². The van der Waals surface area contributed by atoms with Crippen molar-refractivity contribution in [3.63, 3.8) is 0 Å². The molecule has 0 spiro atoms. The molecule has 1 aliphatic carbocycles. The summed E-state index contributed by atoms with van der Waals surface area (Å²) in [5.74, 6) is 0. The lowest BCUT2D eigenvalue weighted by atomic mass is 9.96. The van der Waals surface area contributed by atoms with Gasteiger partial charge in [0.05, 0.1) is 12.3 Å². The van der Waals surface area contributed by atoms with Gasteiger partial charge in [-0.05, 0) is 19.8 Å². The number of nitrogens with two attached hydrogens (primary N) is 1. The molecular weight excluding hydrogens is 196 g/mol. The second-order valence-corrected chi connectivity index (χ2v) is 4.95. The average Bonchev–Trinajstić information content (AvgIpc) is 2.84. The van der Waals surface area contributed by atoms with Gasteiger partial charge in [0.1, 0.15) is 5.01 Å². The number of nitrogens with zero attached hydrogens (tertiary/aromatic N) is 1. The summed E-state index contributed by atoms with van der Waals surface area (Å²) in [4.78, 5) is 4.57. The summed E-state index contributed by atoms with van der Waals surface area (Å²) >= 11 is 1.67. The Hall–Kier alpha value is -0.450. The summed E-state index contributed by atoms with van der Waals surface area (Å²) in [5.41, 5.74) is 7.34. The van der Waals surface area contributed by atoms with Crippen molar-refractivity contribution in [3.8, 4) is 0 Å². The van der Waals surface area contributed by atoms with Crippen LogP contribution in [0, 0.1) is 0 Å². The summed E-state index contributed by atoms with van der Waals surface area (Å²) in [6.07, 6.45) is 2.36. The smallest absolute Gasteiger partial charge is 0.119 e. The maximum absolute atomic E-state index is 5.98. The average molecular weight is 212 g/mol. The van der Waals surface area contributed by atoms with E-state index in [1.165, 1.54) is 18.5 Å². The molecule has 1 aromatic heterocycles. The Morgan fingerprint density at radius 2 is 2.43 bits per heavy atom. The van der Waals surface area contributed by atoms with Crippen LogP contribution in [0.4, 0.5) is 0 Å². The zero-order valence-corrected chi connectivity index (χ0v) is 9.43. The fraction of sp³-hybridized carbons (Fsp3) is 0.700. The zero-order valence-electron chi connectivity index (χ0n) is 8.62. The maximum Gasteiger partial charge on any atom is 0.119 e. The number of ether oxygens (including phenoxy) is 1. The second-order valence-electron chi connectivity index (χ2n) is 4.00. The van der Waals surface area contributed by atoms with Gasteiger partial charge in [-0.1, -0.05) is 0 Å². The predicted octanol–water partition coefficient (Wildman–Crippen LogP) is 1.67. The minimum absolute atomic E-state index is 0.183. The summed E-state index contributed by atoms with van der Waals surface area (Å²) in [6.45, 7) is 2.68. The molecule has 1 aliphatic rings. The van der Waals surface area contributed by atoms with Crippen LogP contribution in [0.3, 0.4) is 0 Å². The molecule has 1 saturated carbocycles. The Morgan fingerprint density at radius 1 is 1.71 bits per heavy atom. The molecule has 3 nitrogen and oxygen atoms in total. The fourth-order valence-electron chi connectivity index (χ4n) is 1.81. The van der Waals surface area contributed by atoms with E-state index in [2.05, 4.69) is 17.3 Å². The van der Waals surface area contributed by atoms with Gasteiger partial charge in [0.15, 0.2) is 0 Å². The van der Waals surface area contributed by atoms with Crippen LogP contribution in [-0.2, 0) is 16.8 Å². The van der Waals surface area contributed by atoms with E-state index < -0.39 is 0 Å². The van der Waals surface area contributed by atoms with E-state index >= 15 is 0 Å². The zero-order chi connectivity index (χ0) is 10.2. The van der Waals surface area contributed by atoms with E-state index in [9.17, 15) is 0 Å². The molecule has 78 valence electrons. The largest absolute Gasteiger partial charge is 0.378 e. The fourth-order valence-corrected chi connectivity index (χ4v) is 2.68. The van der Waals surface area contributed by atoms with E-state index in [1.807, 2.05) is 0 Å². The number of thiazole rings is 1. The Balaban J connectivity index is 2.17. The van der Waals surface area contributed by atoms with Gasteiger partial charge < -0.3 is 10.5 Å². The molecule has 1 heterocycles. The molecule has 4 heteroatoms. The summed E-state index contributed by atoms with van der Waals surface area (Å²) in [5, 5.41) is 3.18. The molecule has 0 radical (unpaired) electrons. The molecular formula is C10H16N2OS. The molecule has 2 N–H and O–H groups in total. The first-order valence-corrected chi connectivity index (χ1v) is 5.76. The molecule has 0 saturated heterocycles. The normalized spacial score (nSPS) is 20.8. The maximum atomic E-state index is 5.98. The molecule has 1 fully saturated rings. The minimum Gasteiger partial charge on any atom is -0.378 e. The summed E-state index contributed by atoms with van der Waals surface area (Å²) < 4.78 is 5.05. The van der Waals surface area contributed by atoms with E-state index in [-0.39, 0.29) is 11.5 Å². The molecule has 1 atom stereocenters.